The minimum atomic E-state index is 0. The van der Waals surface area contributed by atoms with Crippen LogP contribution in [0.4, 0.5) is 9.05 Å². The van der Waals surface area contributed by atoms with E-state index in [0.717, 1.165) is 0 Å². The second-order valence-electron chi connectivity index (χ2n) is 0.0583. The van der Waals surface area contributed by atoms with E-state index in [1.54, 1.807) is 0 Å². The van der Waals surface area contributed by atoms with Crippen molar-refractivity contribution in [3.8, 4) is 0 Å². The van der Waals surface area contributed by atoms with Gasteiger partial charge in [-0.2, -0.15) is 0 Å². The minimum absolute atomic E-state index is 0. The topological polar surface area (TPSA) is 9.23 Å². The predicted octanol–water partition coefficient (Wildman–Crippen LogP) is 0.391. The summed E-state index contributed by atoms with van der Waals surface area (Å²) in [5.74, 6) is 0. The van der Waals surface area contributed by atoms with E-state index in [4.69, 9.17) is 9.05 Å². The van der Waals surface area contributed by atoms with E-state index >= 15 is 0 Å². The van der Waals surface area contributed by atoms with Gasteiger partial charge >= 0.3 is 0 Å². The van der Waals surface area contributed by atoms with Crippen LogP contribution in [-0.2, 0) is 5.15 Å². The van der Waals surface area contributed by atoms with Gasteiger partial charge in [0.25, 0.3) is 0 Å². The van der Waals surface area contributed by atoms with Gasteiger partial charge in [-0.15, -0.1) is 0 Å². The first-order valence-corrected chi connectivity index (χ1v) is 0.309. The zero-order chi connectivity index (χ0) is 2.71. The summed E-state index contributed by atoms with van der Waals surface area (Å²) in [7, 11) is 0. The largest absolute Gasteiger partial charge is 0.0209 e. The molecule has 0 fully saturated rings. The number of rotatable bonds is 0. The van der Waals surface area contributed by atoms with Crippen molar-refractivity contribution in [2.24, 2.45) is 0 Å². The normalized spacial score (nSPS) is 4.50. The van der Waals surface area contributed by atoms with Gasteiger partial charge in [0.2, 0.25) is 0 Å². The molecule has 0 N–H and O–H groups in total. The molecule has 0 aliphatic rings. The molecule has 4 heteroatoms. The summed E-state index contributed by atoms with van der Waals surface area (Å²) in [6.45, 7) is 0. The van der Waals surface area contributed by atoms with Crippen molar-refractivity contribution in [2.45, 2.75) is 0 Å². The molecule has 0 amide bonds. The van der Waals surface area contributed by atoms with Crippen molar-refractivity contribution < 1.29 is 14.2 Å². The van der Waals surface area contributed by atoms with Gasteiger partial charge in [0.1, 0.15) is 0 Å². The summed E-state index contributed by atoms with van der Waals surface area (Å²) in [5, 5.41) is 1.25. The average Bonchev–Trinajstić information content (AvgIpc) is 0.918. The summed E-state index contributed by atoms with van der Waals surface area (Å²) in [4.78, 5) is 0. The maximum atomic E-state index is 9.12. The first-order chi connectivity index (χ1) is 1.41. The van der Waals surface area contributed by atoms with Crippen molar-refractivity contribution in [3.63, 3.8) is 0 Å². The third-order valence-electron chi connectivity index (χ3n) is 0. The van der Waals surface area contributed by atoms with Gasteiger partial charge < -0.3 is 0 Å². The van der Waals surface area contributed by atoms with Crippen molar-refractivity contribution in [3.05, 3.63) is 0 Å². The molecular weight excluding hydrogens is 263 g/mol. The fourth-order valence-corrected chi connectivity index (χ4v) is 0. The third kappa shape index (κ3) is 15.9. The summed E-state index contributed by atoms with van der Waals surface area (Å²) in [6, 6.07) is 0. The minimum Gasteiger partial charge on any atom is -0.0104 e. The van der Waals surface area contributed by atoms with Gasteiger partial charge in [0.05, 0.1) is 0 Å². The van der Waals surface area contributed by atoms with Crippen LogP contribution < -0.4 is 0 Å². The Morgan fingerprint density at radius 1 is 1.25 bits per heavy atom. The van der Waals surface area contributed by atoms with Crippen molar-refractivity contribution >= 4 is 26.2 Å². The average molecular weight is 263 g/mol. The number of halogens is 2. The molecule has 0 bridgehead atoms. The van der Waals surface area contributed by atoms with Crippen LogP contribution in [0.15, 0.2) is 0 Å². The summed E-state index contributed by atoms with van der Waals surface area (Å²) < 4.78 is 18.2. The van der Waals surface area contributed by atoms with Crippen LogP contribution in [0.1, 0.15) is 0 Å². The van der Waals surface area contributed by atoms with Crippen LogP contribution in [0.2, 0.25) is 0 Å². The third-order valence-corrected chi connectivity index (χ3v) is 0. The monoisotopic (exact) mass is 263 g/mol. The van der Waals surface area contributed by atoms with Crippen LogP contribution in [0.25, 0.3) is 0 Å². The molecule has 0 aromatic heterocycles. The van der Waals surface area contributed by atoms with Crippen LogP contribution in [0, 0.1) is 0 Å². The summed E-state index contributed by atoms with van der Waals surface area (Å²) >= 11 is 0. The van der Waals surface area contributed by atoms with Crippen molar-refractivity contribution in [1.82, 2.24) is 0 Å². The SMILES string of the molecule is FOF.[Bi]. The summed E-state index contributed by atoms with van der Waals surface area (Å²) in [5.41, 5.74) is 0. The second kappa shape index (κ2) is 9.33. The molecule has 0 heterocycles. The van der Waals surface area contributed by atoms with Gasteiger partial charge in [0, 0.05) is 31.3 Å². The first kappa shape index (κ1) is 8.83. The fraction of sp³-hybridized carbons (Fsp3) is 0. The Kier molecular flexibility index (Phi) is 20.6. The molecule has 3 radical (unpaired) electrons. The van der Waals surface area contributed by atoms with Crippen LogP contribution in [0.5, 0.6) is 0 Å². The molecule has 4 heavy (non-hydrogen) atoms. The first-order valence-electron chi connectivity index (χ1n) is 0.309. The predicted molar refractivity (Wildman–Crippen MR) is 9.05 cm³/mol. The van der Waals surface area contributed by atoms with Crippen LogP contribution in [-0.4, -0.2) is 26.2 Å². The van der Waals surface area contributed by atoms with Gasteiger partial charge in [-0.1, -0.05) is 0 Å². The molecule has 0 rings (SSSR count). The van der Waals surface area contributed by atoms with E-state index in [-0.39, 0.29) is 26.2 Å². The molecule has 0 atom stereocenters. The quantitative estimate of drug-likeness (QED) is 0.574. The van der Waals surface area contributed by atoms with Crippen molar-refractivity contribution in [1.29, 1.82) is 0 Å². The zero-order valence-corrected chi connectivity index (χ0v) is 5.09. The summed E-state index contributed by atoms with van der Waals surface area (Å²) in [6.07, 6.45) is 0. The fourth-order valence-electron chi connectivity index (χ4n) is 0. The van der Waals surface area contributed by atoms with E-state index in [1.165, 1.54) is 5.15 Å². The Hall–Kier alpha value is 0.703. The molecule has 0 aliphatic heterocycles. The molecule has 0 aromatic rings. The number of hydrogen-bond donors (Lipinski definition) is 0. The van der Waals surface area contributed by atoms with E-state index in [9.17, 15) is 0 Å². The Labute approximate surface area is 40.9 Å². The molecule has 25 valence electrons. The molecular formula is BiF2O. The Balaban J connectivity index is 0. The molecule has 0 aliphatic carbocycles. The molecule has 0 saturated carbocycles. The Morgan fingerprint density at radius 3 is 1.25 bits per heavy atom. The maximum absolute atomic E-state index is 9.12. The van der Waals surface area contributed by atoms with E-state index < -0.39 is 0 Å². The number of hydrogen-bond acceptors (Lipinski definition) is 1. The van der Waals surface area contributed by atoms with Gasteiger partial charge in [-0.05, 0) is 9.05 Å². The molecule has 0 aromatic carbocycles. The van der Waals surface area contributed by atoms with Crippen LogP contribution in [0.3, 0.4) is 0 Å². The van der Waals surface area contributed by atoms with Crippen molar-refractivity contribution in [2.75, 3.05) is 0 Å². The van der Waals surface area contributed by atoms with Crippen LogP contribution >= 0.6 is 0 Å². The van der Waals surface area contributed by atoms with Gasteiger partial charge in [-0.3, -0.25) is 0 Å². The molecule has 0 saturated heterocycles. The second-order valence-corrected chi connectivity index (χ2v) is 0.0583. The van der Waals surface area contributed by atoms with Gasteiger partial charge in [0.15, 0.2) is 0 Å². The van der Waals surface area contributed by atoms with E-state index in [1.807, 2.05) is 0 Å². The Morgan fingerprint density at radius 2 is 1.25 bits per heavy atom. The zero-order valence-electron chi connectivity index (χ0n) is 1.61. The van der Waals surface area contributed by atoms with Gasteiger partial charge in [-0.25, -0.2) is 0 Å². The van der Waals surface area contributed by atoms with E-state index in [2.05, 4.69) is 0 Å². The molecule has 1 nitrogen and oxygen atoms in total. The standard InChI is InChI=1S/Bi.F2O/c;1-3-2. The molecule has 0 unspecified atom stereocenters. The van der Waals surface area contributed by atoms with E-state index in [0.29, 0.717) is 0 Å². The smallest absolute Gasteiger partial charge is 0.0104 e. The molecule has 0 spiro atoms. The maximum Gasteiger partial charge on any atom is 0.0209 e. The Bertz CT molecular complexity index is 6.00.